The van der Waals surface area contributed by atoms with Crippen molar-refractivity contribution in [3.8, 4) is 0 Å². The molecule has 164 valence electrons. The number of aromatic nitrogens is 1. The number of alkyl halides is 3. The average Bonchev–Trinajstić information content (AvgIpc) is 3.30. The molecule has 0 spiro atoms. The fourth-order valence-electron chi connectivity index (χ4n) is 4.68. The van der Waals surface area contributed by atoms with E-state index in [-0.39, 0.29) is 31.0 Å². The molecule has 0 bridgehead atoms. The van der Waals surface area contributed by atoms with Gasteiger partial charge in [0, 0.05) is 43.6 Å². The number of pyridine rings is 1. The molecular weight excluding hydrogens is 411 g/mol. The van der Waals surface area contributed by atoms with Gasteiger partial charge in [0.25, 0.3) is 5.91 Å². The zero-order chi connectivity index (χ0) is 21.8. The van der Waals surface area contributed by atoms with Crippen LogP contribution in [0.25, 0.3) is 0 Å². The van der Waals surface area contributed by atoms with Crippen LogP contribution in [0.4, 0.5) is 18.9 Å². The highest BCUT2D eigenvalue weighted by Gasteiger charge is 2.42. The van der Waals surface area contributed by atoms with Crippen LogP contribution in [0.2, 0.25) is 0 Å². The van der Waals surface area contributed by atoms with E-state index in [4.69, 9.17) is 4.74 Å². The van der Waals surface area contributed by atoms with Crippen molar-refractivity contribution in [1.82, 2.24) is 9.88 Å². The monoisotopic (exact) mass is 433 g/mol. The zero-order valence-electron chi connectivity index (χ0n) is 16.7. The molecule has 2 atom stereocenters. The Morgan fingerprint density at radius 1 is 1.03 bits per heavy atom. The third kappa shape index (κ3) is 3.65. The number of carbonyl (C=O) groups excluding carboxylic acids is 1. The molecule has 3 aliphatic heterocycles. The SMILES string of the molecule is O=C(c1ccc(C2(O)COC2)cc1)N1CC2CN(c3ccc(C(F)(F)F)nc3)CC2C1. The van der Waals surface area contributed by atoms with Crippen LogP contribution in [-0.2, 0) is 16.5 Å². The second-order valence-corrected chi connectivity index (χ2v) is 8.64. The van der Waals surface area contributed by atoms with Gasteiger partial charge in [-0.05, 0) is 29.8 Å². The number of ether oxygens (including phenoxy) is 1. The van der Waals surface area contributed by atoms with Gasteiger partial charge in [0.05, 0.1) is 25.1 Å². The van der Waals surface area contributed by atoms with Gasteiger partial charge in [-0.15, -0.1) is 0 Å². The van der Waals surface area contributed by atoms with Gasteiger partial charge >= 0.3 is 6.18 Å². The quantitative estimate of drug-likeness (QED) is 0.806. The summed E-state index contributed by atoms with van der Waals surface area (Å²) < 4.78 is 43.2. The first-order chi connectivity index (χ1) is 14.7. The maximum absolute atomic E-state index is 12.9. The van der Waals surface area contributed by atoms with Crippen molar-refractivity contribution in [2.45, 2.75) is 11.8 Å². The smallest absolute Gasteiger partial charge is 0.380 e. The number of rotatable bonds is 3. The van der Waals surface area contributed by atoms with Crippen LogP contribution in [0, 0.1) is 11.8 Å². The van der Waals surface area contributed by atoms with Crippen LogP contribution in [0.5, 0.6) is 0 Å². The molecule has 6 nitrogen and oxygen atoms in total. The van der Waals surface area contributed by atoms with E-state index in [9.17, 15) is 23.1 Å². The molecule has 2 unspecified atom stereocenters. The van der Waals surface area contributed by atoms with E-state index in [1.807, 2.05) is 9.80 Å². The molecule has 3 fully saturated rings. The summed E-state index contributed by atoms with van der Waals surface area (Å²) >= 11 is 0. The van der Waals surface area contributed by atoms with Crippen molar-refractivity contribution in [2.75, 3.05) is 44.3 Å². The van der Waals surface area contributed by atoms with Crippen molar-refractivity contribution in [1.29, 1.82) is 0 Å². The van der Waals surface area contributed by atoms with E-state index in [1.165, 1.54) is 12.3 Å². The Balaban J connectivity index is 1.20. The maximum Gasteiger partial charge on any atom is 0.433 e. The predicted octanol–water partition coefficient (Wildman–Crippen LogP) is 2.53. The number of aliphatic hydroxyl groups is 1. The summed E-state index contributed by atoms with van der Waals surface area (Å²) in [6.07, 6.45) is -3.17. The highest BCUT2D eigenvalue weighted by atomic mass is 19.4. The average molecular weight is 433 g/mol. The summed E-state index contributed by atoms with van der Waals surface area (Å²) in [7, 11) is 0. The van der Waals surface area contributed by atoms with Crippen LogP contribution in [-0.4, -0.2) is 60.3 Å². The molecule has 4 heterocycles. The summed E-state index contributed by atoms with van der Waals surface area (Å²) in [6, 6.07) is 9.49. The highest BCUT2D eigenvalue weighted by molar-refractivity contribution is 5.94. The fourth-order valence-corrected chi connectivity index (χ4v) is 4.68. The number of anilines is 1. The summed E-state index contributed by atoms with van der Waals surface area (Å²) in [6.45, 7) is 3.14. The normalized spacial score (nSPS) is 24.8. The van der Waals surface area contributed by atoms with Gasteiger partial charge in [-0.2, -0.15) is 13.2 Å². The maximum atomic E-state index is 12.9. The second-order valence-electron chi connectivity index (χ2n) is 8.64. The Morgan fingerprint density at radius 3 is 2.16 bits per heavy atom. The van der Waals surface area contributed by atoms with Gasteiger partial charge in [-0.25, -0.2) is 4.98 Å². The van der Waals surface area contributed by atoms with Crippen LogP contribution < -0.4 is 4.90 Å². The van der Waals surface area contributed by atoms with Crippen molar-refractivity contribution < 1.29 is 27.8 Å². The fraction of sp³-hybridized carbons (Fsp3) is 0.455. The molecule has 0 radical (unpaired) electrons. The summed E-state index contributed by atoms with van der Waals surface area (Å²) in [4.78, 5) is 20.3. The molecule has 2 aromatic rings. The number of carbonyl (C=O) groups is 1. The molecule has 3 saturated heterocycles. The summed E-state index contributed by atoms with van der Waals surface area (Å²) in [5, 5.41) is 10.3. The Hall–Kier alpha value is -2.65. The van der Waals surface area contributed by atoms with E-state index in [1.54, 1.807) is 24.3 Å². The lowest BCUT2D eigenvalue weighted by Gasteiger charge is -2.36. The number of nitrogens with zero attached hydrogens (tertiary/aromatic N) is 3. The Bertz CT molecular complexity index is 960. The van der Waals surface area contributed by atoms with Crippen LogP contribution >= 0.6 is 0 Å². The molecule has 3 aliphatic rings. The molecule has 1 aromatic heterocycles. The third-order valence-corrected chi connectivity index (χ3v) is 6.53. The highest BCUT2D eigenvalue weighted by Crippen LogP contribution is 2.36. The molecule has 1 N–H and O–H groups in total. The molecule has 1 amide bonds. The number of benzene rings is 1. The van der Waals surface area contributed by atoms with Crippen molar-refractivity contribution in [3.05, 3.63) is 59.4 Å². The van der Waals surface area contributed by atoms with Crippen molar-refractivity contribution in [3.63, 3.8) is 0 Å². The molecule has 5 rings (SSSR count). The number of amides is 1. The number of hydrogen-bond donors (Lipinski definition) is 1. The van der Waals surface area contributed by atoms with Gasteiger partial charge in [-0.3, -0.25) is 4.79 Å². The molecular formula is C22H22F3N3O3. The zero-order valence-corrected chi connectivity index (χ0v) is 16.7. The lowest BCUT2D eigenvalue weighted by Crippen LogP contribution is -2.46. The summed E-state index contributed by atoms with van der Waals surface area (Å²) in [5.41, 5.74) is 0.151. The largest absolute Gasteiger partial charge is 0.433 e. The van der Waals surface area contributed by atoms with Gasteiger partial charge in [0.1, 0.15) is 11.3 Å². The Labute approximate surface area is 177 Å². The van der Waals surface area contributed by atoms with Gasteiger partial charge < -0.3 is 19.6 Å². The van der Waals surface area contributed by atoms with E-state index in [0.29, 0.717) is 37.4 Å². The number of hydrogen-bond acceptors (Lipinski definition) is 5. The first-order valence-corrected chi connectivity index (χ1v) is 10.2. The topological polar surface area (TPSA) is 65.9 Å². The summed E-state index contributed by atoms with van der Waals surface area (Å²) in [5.74, 6) is 0.511. The molecule has 9 heteroatoms. The van der Waals surface area contributed by atoms with Crippen molar-refractivity contribution in [2.24, 2.45) is 11.8 Å². The molecule has 31 heavy (non-hydrogen) atoms. The number of likely N-dealkylation sites (tertiary alicyclic amines) is 1. The molecule has 0 aliphatic carbocycles. The standard InChI is InChI=1S/C22H22F3N3O3/c23-22(24,25)19-6-5-18(7-26-19)27-8-15-10-28(11-16(15)9-27)20(29)14-1-3-17(4-2-14)21(30)12-31-13-21/h1-7,15-16,30H,8-13H2. The number of halogens is 3. The minimum absolute atomic E-state index is 0.0412. The van der Waals surface area contributed by atoms with E-state index in [0.717, 1.165) is 11.6 Å². The Kier molecular flexibility index (Phi) is 4.71. The minimum atomic E-state index is -4.44. The minimum Gasteiger partial charge on any atom is -0.380 e. The van der Waals surface area contributed by atoms with E-state index >= 15 is 0 Å². The van der Waals surface area contributed by atoms with Gasteiger partial charge in [0.15, 0.2) is 0 Å². The lowest BCUT2D eigenvalue weighted by molar-refractivity contribution is -0.184. The second kappa shape index (κ2) is 7.20. The van der Waals surface area contributed by atoms with Crippen LogP contribution in [0.3, 0.4) is 0 Å². The first-order valence-electron chi connectivity index (χ1n) is 10.2. The van der Waals surface area contributed by atoms with Crippen LogP contribution in [0.15, 0.2) is 42.6 Å². The molecule has 1 aromatic carbocycles. The van der Waals surface area contributed by atoms with E-state index < -0.39 is 17.5 Å². The van der Waals surface area contributed by atoms with Gasteiger partial charge in [0.2, 0.25) is 0 Å². The van der Waals surface area contributed by atoms with Crippen molar-refractivity contribution >= 4 is 11.6 Å². The molecule has 0 saturated carbocycles. The lowest BCUT2D eigenvalue weighted by atomic mass is 9.91. The number of fused-ring (bicyclic) bond motifs is 1. The Morgan fingerprint density at radius 2 is 1.68 bits per heavy atom. The van der Waals surface area contributed by atoms with E-state index in [2.05, 4.69) is 4.98 Å². The van der Waals surface area contributed by atoms with Gasteiger partial charge in [-0.1, -0.05) is 12.1 Å². The predicted molar refractivity (Wildman–Crippen MR) is 105 cm³/mol. The first kappa shape index (κ1) is 20.3. The van der Waals surface area contributed by atoms with Crippen LogP contribution in [0.1, 0.15) is 21.6 Å². The third-order valence-electron chi connectivity index (χ3n) is 6.53.